The van der Waals surface area contributed by atoms with E-state index >= 15 is 0 Å². The fourth-order valence-corrected chi connectivity index (χ4v) is 0.889. The van der Waals surface area contributed by atoms with Crippen LogP contribution in [0.2, 0.25) is 0 Å². The predicted octanol–water partition coefficient (Wildman–Crippen LogP) is 1.57. The Morgan fingerprint density at radius 2 is 1.88 bits per heavy atom. The van der Waals surface area contributed by atoms with Crippen LogP contribution in [0.3, 0.4) is 0 Å². The van der Waals surface area contributed by atoms with Gasteiger partial charge in [-0.2, -0.15) is 23.4 Å². The van der Waals surface area contributed by atoms with E-state index in [4.69, 9.17) is 5.26 Å². The van der Waals surface area contributed by atoms with Crippen LogP contribution in [0, 0.1) is 11.5 Å². The second-order valence-electron chi connectivity index (χ2n) is 2.71. The second-order valence-corrected chi connectivity index (χ2v) is 2.71. The Balaban J connectivity index is 2.80. The first-order chi connectivity index (χ1) is 7.45. The van der Waals surface area contributed by atoms with Crippen LogP contribution in [-0.4, -0.2) is 12.1 Å². The minimum Gasteiger partial charge on any atom is -0.263 e. The van der Waals surface area contributed by atoms with E-state index in [2.05, 4.69) is 0 Å². The number of carbonyl (C=O) groups excluding carboxylic acids is 1. The molecule has 16 heavy (non-hydrogen) atoms. The van der Waals surface area contributed by atoms with Crippen molar-refractivity contribution < 1.29 is 18.0 Å². The second kappa shape index (κ2) is 4.53. The average molecular weight is 229 g/mol. The van der Waals surface area contributed by atoms with Crippen LogP contribution < -0.4 is 10.4 Å². The summed E-state index contributed by atoms with van der Waals surface area (Å²) in [5.41, 5.74) is 1.57. The molecule has 1 rings (SSSR count). The van der Waals surface area contributed by atoms with Gasteiger partial charge in [-0.3, -0.25) is 4.79 Å². The van der Waals surface area contributed by atoms with E-state index in [-0.39, 0.29) is 5.69 Å². The number of amides is 1. The van der Waals surface area contributed by atoms with Crippen LogP contribution in [0.15, 0.2) is 30.3 Å². The molecule has 0 aliphatic carbocycles. The van der Waals surface area contributed by atoms with Gasteiger partial charge in [0, 0.05) is 0 Å². The zero-order chi connectivity index (χ0) is 12.2. The highest BCUT2D eigenvalue weighted by Crippen LogP contribution is 2.16. The molecule has 0 aliphatic rings. The van der Waals surface area contributed by atoms with E-state index in [9.17, 15) is 18.0 Å². The summed E-state index contributed by atoms with van der Waals surface area (Å²) in [6.45, 7) is 0. The molecule has 4 nitrogen and oxygen atoms in total. The number of nitriles is 1. The third kappa shape index (κ3) is 2.88. The first kappa shape index (κ1) is 11.8. The molecule has 0 aromatic heterocycles. The summed E-state index contributed by atoms with van der Waals surface area (Å²) >= 11 is 0. The van der Waals surface area contributed by atoms with E-state index in [0.717, 1.165) is 0 Å². The van der Waals surface area contributed by atoms with Gasteiger partial charge < -0.3 is 0 Å². The Labute approximate surface area is 88.9 Å². The van der Waals surface area contributed by atoms with Gasteiger partial charge in [-0.15, -0.1) is 0 Å². The summed E-state index contributed by atoms with van der Waals surface area (Å²) in [6.07, 6.45) is -3.60. The molecular formula is C9H6F3N3O. The maximum absolute atomic E-state index is 11.9. The van der Waals surface area contributed by atoms with E-state index in [1.165, 1.54) is 35.9 Å². The summed E-state index contributed by atoms with van der Waals surface area (Å²) in [5.74, 6) is -2.20. The molecule has 84 valence electrons. The molecular weight excluding hydrogens is 223 g/mol. The van der Waals surface area contributed by atoms with Crippen LogP contribution >= 0.6 is 0 Å². The Morgan fingerprint density at radius 1 is 1.31 bits per heavy atom. The van der Waals surface area contributed by atoms with Gasteiger partial charge in [-0.05, 0) is 12.1 Å². The number of nitrogens with zero attached hydrogens (tertiary/aromatic N) is 2. The van der Waals surface area contributed by atoms with Crippen molar-refractivity contribution >= 4 is 11.6 Å². The first-order valence-corrected chi connectivity index (χ1v) is 4.08. The lowest BCUT2D eigenvalue weighted by molar-refractivity contribution is -0.173. The molecule has 0 saturated carbocycles. The topological polar surface area (TPSA) is 56.1 Å². The van der Waals surface area contributed by atoms with Crippen molar-refractivity contribution in [1.29, 1.82) is 5.26 Å². The van der Waals surface area contributed by atoms with Gasteiger partial charge in [-0.25, -0.2) is 5.43 Å². The molecule has 1 N–H and O–H groups in total. The lowest BCUT2D eigenvalue weighted by atomic mass is 10.3. The van der Waals surface area contributed by atoms with Gasteiger partial charge in [0.1, 0.15) is 0 Å². The number of alkyl halides is 3. The van der Waals surface area contributed by atoms with E-state index in [1.54, 1.807) is 6.07 Å². The summed E-state index contributed by atoms with van der Waals surface area (Å²) in [7, 11) is 0. The predicted molar refractivity (Wildman–Crippen MR) is 48.7 cm³/mol. The summed E-state index contributed by atoms with van der Waals surface area (Å²) in [5, 5.41) is 9.03. The largest absolute Gasteiger partial charge is 0.472 e. The third-order valence-electron chi connectivity index (χ3n) is 1.59. The van der Waals surface area contributed by atoms with Crippen molar-refractivity contribution in [3.05, 3.63) is 30.3 Å². The number of nitrogens with one attached hydrogen (secondary N) is 1. The summed E-state index contributed by atoms with van der Waals surface area (Å²) < 4.78 is 35.7. The molecule has 1 amide bonds. The minimum atomic E-state index is -5.02. The van der Waals surface area contributed by atoms with Crippen molar-refractivity contribution in [3.63, 3.8) is 0 Å². The molecule has 0 fully saturated rings. The number of hydrogen-bond acceptors (Lipinski definition) is 3. The Bertz CT molecular complexity index is 410. The number of halogens is 3. The van der Waals surface area contributed by atoms with Crippen molar-refractivity contribution in [3.8, 4) is 6.19 Å². The maximum atomic E-state index is 11.9. The average Bonchev–Trinajstić information content (AvgIpc) is 2.25. The number of anilines is 1. The van der Waals surface area contributed by atoms with Crippen LogP contribution in [0.25, 0.3) is 0 Å². The quantitative estimate of drug-likeness (QED) is 0.475. The summed E-state index contributed by atoms with van der Waals surface area (Å²) in [4.78, 5) is 10.6. The highest BCUT2D eigenvalue weighted by atomic mass is 19.4. The Morgan fingerprint density at radius 3 is 2.31 bits per heavy atom. The van der Waals surface area contributed by atoms with Gasteiger partial charge in [0.2, 0.25) is 6.19 Å². The highest BCUT2D eigenvalue weighted by molar-refractivity contribution is 5.83. The van der Waals surface area contributed by atoms with Crippen LogP contribution in [0.4, 0.5) is 18.9 Å². The molecule has 1 aromatic carbocycles. The molecule has 0 aliphatic heterocycles. The molecule has 0 spiro atoms. The highest BCUT2D eigenvalue weighted by Gasteiger charge is 2.39. The monoisotopic (exact) mass is 229 g/mol. The number of benzene rings is 1. The van der Waals surface area contributed by atoms with E-state index < -0.39 is 12.1 Å². The molecule has 0 atom stereocenters. The zero-order valence-electron chi connectivity index (χ0n) is 7.82. The van der Waals surface area contributed by atoms with Crippen LogP contribution in [-0.2, 0) is 4.79 Å². The van der Waals surface area contributed by atoms with Crippen LogP contribution in [0.1, 0.15) is 0 Å². The number of para-hydroxylation sites is 1. The van der Waals surface area contributed by atoms with Gasteiger partial charge in [0.15, 0.2) is 0 Å². The van der Waals surface area contributed by atoms with Crippen molar-refractivity contribution in [2.45, 2.75) is 6.18 Å². The maximum Gasteiger partial charge on any atom is 0.472 e. The van der Waals surface area contributed by atoms with E-state index in [1.807, 2.05) is 0 Å². The third-order valence-corrected chi connectivity index (χ3v) is 1.59. The lowest BCUT2D eigenvalue weighted by Crippen LogP contribution is -2.46. The van der Waals surface area contributed by atoms with Gasteiger partial charge in [-0.1, -0.05) is 18.2 Å². The smallest absolute Gasteiger partial charge is 0.263 e. The Hall–Kier alpha value is -2.23. The van der Waals surface area contributed by atoms with Crippen molar-refractivity contribution in [2.75, 3.05) is 5.01 Å². The van der Waals surface area contributed by atoms with Crippen molar-refractivity contribution in [2.24, 2.45) is 0 Å². The van der Waals surface area contributed by atoms with Gasteiger partial charge in [0.05, 0.1) is 5.69 Å². The number of carbonyl (C=O) groups is 1. The number of rotatable bonds is 2. The molecule has 0 radical (unpaired) electrons. The molecule has 0 bridgehead atoms. The number of hydrazine groups is 1. The first-order valence-electron chi connectivity index (χ1n) is 4.08. The number of hydrogen-bond donors (Lipinski definition) is 1. The zero-order valence-corrected chi connectivity index (χ0v) is 7.82. The Kier molecular flexibility index (Phi) is 3.35. The SMILES string of the molecule is N#CN(NC(=O)C(F)(F)F)c1ccccc1. The van der Waals surface area contributed by atoms with Gasteiger partial charge in [0.25, 0.3) is 0 Å². The fraction of sp³-hybridized carbons (Fsp3) is 0.111. The molecule has 7 heteroatoms. The van der Waals surface area contributed by atoms with Gasteiger partial charge >= 0.3 is 12.1 Å². The minimum absolute atomic E-state index is 0.141. The molecule has 0 unspecified atom stereocenters. The lowest BCUT2D eigenvalue weighted by Gasteiger charge is -2.17. The fourth-order valence-electron chi connectivity index (χ4n) is 0.889. The summed E-state index contributed by atoms with van der Waals surface area (Å²) in [6, 6.07) is 7.46. The standard InChI is InChI=1S/C9H6F3N3O/c10-9(11,12)8(16)14-15(6-13)7-4-2-1-3-5-7/h1-5H,(H,14,16). The van der Waals surface area contributed by atoms with Crippen LogP contribution in [0.5, 0.6) is 0 Å². The molecule has 0 saturated heterocycles. The molecule has 1 aromatic rings. The van der Waals surface area contributed by atoms with Crippen molar-refractivity contribution in [1.82, 2.24) is 5.43 Å². The molecule has 0 heterocycles. The normalized spacial score (nSPS) is 10.4. The van der Waals surface area contributed by atoms with E-state index in [0.29, 0.717) is 5.01 Å².